The molecule has 0 unspecified atom stereocenters. The predicted octanol–water partition coefficient (Wildman–Crippen LogP) is 3.46. The molecule has 7 nitrogen and oxygen atoms in total. The van der Waals surface area contributed by atoms with Gasteiger partial charge in [0.1, 0.15) is 11.4 Å². The summed E-state index contributed by atoms with van der Waals surface area (Å²) < 4.78 is 5.12. The fourth-order valence-corrected chi connectivity index (χ4v) is 3.29. The lowest BCUT2D eigenvalue weighted by Crippen LogP contribution is -2.19. The van der Waals surface area contributed by atoms with E-state index in [9.17, 15) is 9.59 Å². The maximum atomic E-state index is 12.3. The van der Waals surface area contributed by atoms with Gasteiger partial charge < -0.3 is 10.1 Å². The Balaban J connectivity index is 1.59. The van der Waals surface area contributed by atoms with Gasteiger partial charge in [-0.3, -0.25) is 14.6 Å². The number of H-pyrrole nitrogens is 1. The van der Waals surface area contributed by atoms with Crippen molar-refractivity contribution in [3.63, 3.8) is 0 Å². The molecule has 0 aliphatic heterocycles. The minimum Gasteiger partial charge on any atom is -0.497 e. The summed E-state index contributed by atoms with van der Waals surface area (Å²) in [6, 6.07) is 12.7. The number of carbonyl (C=O) groups is 1. The highest BCUT2D eigenvalue weighted by molar-refractivity contribution is 7.99. The SMILES string of the molecule is COc1ccc(Cc2nnc(SCC(=O)Nc3cc(Cl)ccc3C)[nH]c2=O)cc1. The van der Waals surface area contributed by atoms with E-state index in [-0.39, 0.29) is 22.4 Å². The Morgan fingerprint density at radius 3 is 2.66 bits per heavy atom. The van der Waals surface area contributed by atoms with Crippen LogP contribution in [0.1, 0.15) is 16.8 Å². The zero-order valence-electron chi connectivity index (χ0n) is 15.9. The van der Waals surface area contributed by atoms with Crippen molar-refractivity contribution >= 4 is 35.0 Å². The third-order valence-corrected chi connectivity index (χ3v) is 5.19. The van der Waals surface area contributed by atoms with Crippen LogP contribution in [0.3, 0.4) is 0 Å². The largest absolute Gasteiger partial charge is 0.497 e. The van der Waals surface area contributed by atoms with E-state index in [1.165, 1.54) is 0 Å². The molecule has 0 atom stereocenters. The molecule has 1 amide bonds. The summed E-state index contributed by atoms with van der Waals surface area (Å²) in [4.78, 5) is 27.1. The van der Waals surface area contributed by atoms with Gasteiger partial charge in [0.2, 0.25) is 5.91 Å². The van der Waals surface area contributed by atoms with Crippen molar-refractivity contribution in [2.24, 2.45) is 0 Å². The van der Waals surface area contributed by atoms with E-state index in [1.54, 1.807) is 19.2 Å². The number of amides is 1. The molecule has 150 valence electrons. The van der Waals surface area contributed by atoms with Crippen molar-refractivity contribution in [3.8, 4) is 5.75 Å². The molecular weight excluding hydrogens is 412 g/mol. The van der Waals surface area contributed by atoms with Gasteiger partial charge in [0.15, 0.2) is 5.16 Å². The standard InChI is InChI=1S/C20H19ClN4O3S/c1-12-3-6-14(21)10-16(12)22-18(26)11-29-20-23-19(27)17(24-25-20)9-13-4-7-15(28-2)8-5-13/h3-8,10H,9,11H2,1-2H3,(H,22,26)(H,23,25,27). The van der Waals surface area contributed by atoms with Crippen LogP contribution in [0, 0.1) is 6.92 Å². The van der Waals surface area contributed by atoms with E-state index < -0.39 is 0 Å². The molecule has 3 rings (SSSR count). The van der Waals surface area contributed by atoms with Crippen molar-refractivity contribution in [2.75, 3.05) is 18.2 Å². The summed E-state index contributed by atoms with van der Waals surface area (Å²) in [5.41, 5.74) is 2.45. The molecule has 0 bridgehead atoms. The number of benzene rings is 2. The van der Waals surface area contributed by atoms with Gasteiger partial charge in [-0.2, -0.15) is 0 Å². The van der Waals surface area contributed by atoms with Gasteiger partial charge in [-0.05, 0) is 42.3 Å². The third-order valence-electron chi connectivity index (χ3n) is 4.09. The molecule has 9 heteroatoms. The van der Waals surface area contributed by atoms with Crippen LogP contribution in [0.2, 0.25) is 5.02 Å². The first-order valence-corrected chi connectivity index (χ1v) is 10.1. The average Bonchev–Trinajstić information content (AvgIpc) is 2.71. The van der Waals surface area contributed by atoms with Crippen LogP contribution in [-0.2, 0) is 11.2 Å². The second-order valence-corrected chi connectivity index (χ2v) is 7.63. The highest BCUT2D eigenvalue weighted by Crippen LogP contribution is 2.21. The number of rotatable bonds is 7. The first-order chi connectivity index (χ1) is 13.9. The van der Waals surface area contributed by atoms with Crippen molar-refractivity contribution in [3.05, 3.63) is 74.7 Å². The summed E-state index contributed by atoms with van der Waals surface area (Å²) in [5, 5.41) is 11.6. The predicted molar refractivity (Wildman–Crippen MR) is 114 cm³/mol. The van der Waals surface area contributed by atoms with Gasteiger partial charge in [0.25, 0.3) is 5.56 Å². The molecule has 0 saturated carbocycles. The van der Waals surface area contributed by atoms with Gasteiger partial charge >= 0.3 is 0 Å². The lowest BCUT2D eigenvalue weighted by molar-refractivity contribution is -0.113. The van der Waals surface area contributed by atoms with Crippen molar-refractivity contribution in [1.82, 2.24) is 15.2 Å². The number of aromatic amines is 1. The Bertz CT molecular complexity index is 1070. The van der Waals surface area contributed by atoms with Gasteiger partial charge in [-0.25, -0.2) is 0 Å². The van der Waals surface area contributed by atoms with E-state index >= 15 is 0 Å². The van der Waals surface area contributed by atoms with Gasteiger partial charge in [0, 0.05) is 17.1 Å². The highest BCUT2D eigenvalue weighted by Gasteiger charge is 2.10. The van der Waals surface area contributed by atoms with Gasteiger partial charge in [0.05, 0.1) is 12.9 Å². The Hall–Kier alpha value is -2.84. The van der Waals surface area contributed by atoms with Crippen LogP contribution in [0.25, 0.3) is 0 Å². The zero-order valence-corrected chi connectivity index (χ0v) is 17.4. The number of aromatic nitrogens is 3. The van der Waals surface area contributed by atoms with Gasteiger partial charge in [-0.1, -0.05) is 41.6 Å². The molecule has 0 saturated heterocycles. The number of methoxy groups -OCH3 is 1. The molecule has 2 aromatic carbocycles. The minimum absolute atomic E-state index is 0.0778. The van der Waals surface area contributed by atoms with E-state index in [4.69, 9.17) is 16.3 Å². The Morgan fingerprint density at radius 2 is 1.97 bits per heavy atom. The van der Waals surface area contributed by atoms with Crippen molar-refractivity contribution in [1.29, 1.82) is 0 Å². The van der Waals surface area contributed by atoms with Crippen LogP contribution in [0.15, 0.2) is 52.4 Å². The molecule has 2 N–H and O–H groups in total. The first kappa shape index (κ1) is 20.9. The molecular formula is C20H19ClN4O3S. The second kappa shape index (κ2) is 9.58. The quantitative estimate of drug-likeness (QED) is 0.557. The number of thioether (sulfide) groups is 1. The summed E-state index contributed by atoms with van der Waals surface area (Å²) >= 11 is 7.06. The summed E-state index contributed by atoms with van der Waals surface area (Å²) in [7, 11) is 1.60. The Morgan fingerprint density at radius 1 is 1.21 bits per heavy atom. The van der Waals surface area contributed by atoms with Crippen LogP contribution >= 0.6 is 23.4 Å². The zero-order chi connectivity index (χ0) is 20.8. The Kier molecular flexibility index (Phi) is 6.90. The molecule has 1 heterocycles. The summed E-state index contributed by atoms with van der Waals surface area (Å²) in [6.07, 6.45) is 0.353. The number of nitrogens with one attached hydrogen (secondary N) is 2. The lowest BCUT2D eigenvalue weighted by Gasteiger charge is -2.08. The maximum absolute atomic E-state index is 12.3. The molecule has 0 fully saturated rings. The van der Waals surface area contributed by atoms with Crippen LogP contribution in [-0.4, -0.2) is 34.0 Å². The van der Waals surface area contributed by atoms with Crippen LogP contribution in [0.5, 0.6) is 5.75 Å². The normalized spacial score (nSPS) is 10.6. The van der Waals surface area contributed by atoms with Crippen molar-refractivity contribution in [2.45, 2.75) is 18.5 Å². The number of anilines is 1. The Labute approximate surface area is 176 Å². The maximum Gasteiger partial charge on any atom is 0.273 e. The van der Waals surface area contributed by atoms with E-state index in [0.717, 1.165) is 28.6 Å². The summed E-state index contributed by atoms with van der Waals surface area (Å²) in [6.45, 7) is 1.88. The molecule has 29 heavy (non-hydrogen) atoms. The number of nitrogens with zero attached hydrogens (tertiary/aromatic N) is 2. The molecule has 0 radical (unpaired) electrons. The van der Waals surface area contributed by atoms with E-state index in [1.807, 2.05) is 37.3 Å². The lowest BCUT2D eigenvalue weighted by atomic mass is 10.1. The molecule has 0 aliphatic carbocycles. The second-order valence-electron chi connectivity index (χ2n) is 6.23. The number of hydrogen-bond acceptors (Lipinski definition) is 6. The smallest absolute Gasteiger partial charge is 0.273 e. The third kappa shape index (κ3) is 5.82. The topological polar surface area (TPSA) is 97.0 Å². The van der Waals surface area contributed by atoms with Crippen LogP contribution in [0.4, 0.5) is 5.69 Å². The van der Waals surface area contributed by atoms with Gasteiger partial charge in [-0.15, -0.1) is 10.2 Å². The number of hydrogen-bond donors (Lipinski definition) is 2. The number of halogens is 1. The molecule has 1 aromatic heterocycles. The molecule has 3 aromatic rings. The molecule has 0 aliphatic rings. The van der Waals surface area contributed by atoms with E-state index in [0.29, 0.717) is 22.8 Å². The monoisotopic (exact) mass is 430 g/mol. The number of aryl methyl sites for hydroxylation is 1. The fraction of sp³-hybridized carbons (Fsp3) is 0.200. The minimum atomic E-state index is -0.329. The number of carbonyl (C=O) groups excluding carboxylic acids is 1. The highest BCUT2D eigenvalue weighted by atomic mass is 35.5. The summed E-state index contributed by atoms with van der Waals surface area (Å²) in [5.74, 6) is 0.589. The van der Waals surface area contributed by atoms with Crippen LogP contribution < -0.4 is 15.6 Å². The van der Waals surface area contributed by atoms with E-state index in [2.05, 4.69) is 20.5 Å². The first-order valence-electron chi connectivity index (χ1n) is 8.72. The van der Waals surface area contributed by atoms with Crippen molar-refractivity contribution < 1.29 is 9.53 Å². The molecule has 0 spiro atoms. The fourth-order valence-electron chi connectivity index (χ4n) is 2.51. The number of ether oxygens (including phenoxy) is 1. The average molecular weight is 431 g/mol.